The highest BCUT2D eigenvalue weighted by Gasteiger charge is 2.21. The lowest BCUT2D eigenvalue weighted by Crippen LogP contribution is -2.33. The third kappa shape index (κ3) is 3.73. The van der Waals surface area contributed by atoms with E-state index in [2.05, 4.69) is 10.1 Å². The Hall–Kier alpha value is -1.56. The van der Waals surface area contributed by atoms with E-state index in [-0.39, 0.29) is 23.2 Å². The van der Waals surface area contributed by atoms with Crippen molar-refractivity contribution in [3.05, 3.63) is 23.3 Å². The molecule has 0 unspecified atom stereocenters. The molecule has 2 N–H and O–H groups in total. The lowest BCUT2D eigenvalue weighted by Gasteiger charge is -2.11. The largest absolute Gasteiger partial charge is 0.488 e. The summed E-state index contributed by atoms with van der Waals surface area (Å²) in [6, 6.07) is 2.62. The van der Waals surface area contributed by atoms with Gasteiger partial charge in [0.2, 0.25) is 0 Å². The van der Waals surface area contributed by atoms with Crippen molar-refractivity contribution < 1.29 is 26.5 Å². The first-order valence-corrected chi connectivity index (χ1v) is 6.12. The molecule has 5 nitrogen and oxygen atoms in total. The predicted molar refractivity (Wildman–Crippen MR) is 64.2 cm³/mol. The van der Waals surface area contributed by atoms with Crippen molar-refractivity contribution >= 4 is 23.1 Å². The SMILES string of the molecule is C#CCc1cc(OS(=O)(=O)F)c(C)c(B(O)O)c1. The molecule has 0 bridgehead atoms. The summed E-state index contributed by atoms with van der Waals surface area (Å²) in [4.78, 5) is 0. The highest BCUT2D eigenvalue weighted by molar-refractivity contribution is 7.81. The minimum Gasteiger partial charge on any atom is -0.423 e. The predicted octanol–water partition coefficient (Wildman–Crippen LogP) is -0.556. The first-order valence-electron chi connectivity index (χ1n) is 4.81. The van der Waals surface area contributed by atoms with Gasteiger partial charge in [0.05, 0.1) is 0 Å². The summed E-state index contributed by atoms with van der Waals surface area (Å²) in [5.41, 5.74) is 0.512. The number of halogens is 1. The summed E-state index contributed by atoms with van der Waals surface area (Å²) < 4.78 is 37.5. The zero-order valence-electron chi connectivity index (χ0n) is 9.42. The third-order valence-electron chi connectivity index (χ3n) is 2.23. The van der Waals surface area contributed by atoms with Gasteiger partial charge in [0.15, 0.2) is 0 Å². The topological polar surface area (TPSA) is 83.8 Å². The fourth-order valence-electron chi connectivity index (χ4n) is 1.45. The van der Waals surface area contributed by atoms with Crippen LogP contribution in [0.25, 0.3) is 0 Å². The maximum atomic E-state index is 12.5. The van der Waals surface area contributed by atoms with Crippen LogP contribution in [0.2, 0.25) is 0 Å². The van der Waals surface area contributed by atoms with E-state index in [0.29, 0.717) is 5.56 Å². The van der Waals surface area contributed by atoms with E-state index in [4.69, 9.17) is 16.5 Å². The van der Waals surface area contributed by atoms with Gasteiger partial charge in [-0.1, -0.05) is 9.95 Å². The monoisotopic (exact) mass is 272 g/mol. The average Bonchev–Trinajstić information content (AvgIpc) is 2.20. The first-order chi connectivity index (χ1) is 8.24. The molecular formula is C10H10BFO5S. The molecule has 0 aliphatic rings. The molecule has 1 aromatic carbocycles. The minimum absolute atomic E-state index is 0.00130. The van der Waals surface area contributed by atoms with Crippen molar-refractivity contribution in [1.29, 1.82) is 0 Å². The van der Waals surface area contributed by atoms with E-state index in [1.807, 2.05) is 0 Å². The molecule has 0 aromatic heterocycles. The molecule has 0 aliphatic carbocycles. The summed E-state index contributed by atoms with van der Waals surface area (Å²) in [5.74, 6) is 1.97. The molecule has 8 heteroatoms. The standard InChI is InChI=1S/C10H10BFO5S/c1-3-4-8-5-9(11(13)14)7(2)10(6-8)17-18(12,15)16/h1,5-6,13-14H,4H2,2H3. The molecule has 0 saturated heterocycles. The number of hydrogen-bond donors (Lipinski definition) is 2. The molecule has 0 aliphatic heterocycles. The Balaban J connectivity index is 3.36. The Morgan fingerprint density at radius 2 is 2.11 bits per heavy atom. The van der Waals surface area contributed by atoms with Gasteiger partial charge in [-0.25, -0.2) is 0 Å². The Morgan fingerprint density at radius 3 is 2.56 bits per heavy atom. The van der Waals surface area contributed by atoms with E-state index >= 15 is 0 Å². The van der Waals surface area contributed by atoms with E-state index in [1.54, 1.807) is 0 Å². The van der Waals surface area contributed by atoms with Gasteiger partial charge in [-0.15, -0.1) is 12.3 Å². The van der Waals surface area contributed by atoms with Crippen LogP contribution in [-0.4, -0.2) is 25.6 Å². The molecule has 1 aromatic rings. The van der Waals surface area contributed by atoms with Gasteiger partial charge >= 0.3 is 17.6 Å². The van der Waals surface area contributed by atoms with Gasteiger partial charge in [0.1, 0.15) is 5.75 Å². The fraction of sp³-hybridized carbons (Fsp3) is 0.200. The van der Waals surface area contributed by atoms with Crippen molar-refractivity contribution in [3.63, 3.8) is 0 Å². The second-order valence-electron chi connectivity index (χ2n) is 3.54. The van der Waals surface area contributed by atoms with E-state index < -0.39 is 17.6 Å². The summed E-state index contributed by atoms with van der Waals surface area (Å²) in [7, 11) is -7.03. The number of terminal acetylenes is 1. The minimum atomic E-state index is -5.19. The quantitative estimate of drug-likeness (QED) is 0.436. The Bertz CT molecular complexity index is 591. The van der Waals surface area contributed by atoms with Crippen LogP contribution in [-0.2, 0) is 16.9 Å². The Kier molecular flexibility index (Phi) is 4.35. The van der Waals surface area contributed by atoms with E-state index in [1.165, 1.54) is 19.1 Å². The van der Waals surface area contributed by atoms with Crippen LogP contribution >= 0.6 is 0 Å². The number of rotatable bonds is 4. The lowest BCUT2D eigenvalue weighted by molar-refractivity contribution is 0.423. The molecule has 0 spiro atoms. The Labute approximate surface area is 105 Å². The summed E-state index contributed by atoms with van der Waals surface area (Å²) >= 11 is 0. The van der Waals surface area contributed by atoms with Gasteiger partial charge in [-0.05, 0) is 29.6 Å². The normalized spacial score (nSPS) is 10.8. The van der Waals surface area contributed by atoms with Crippen molar-refractivity contribution in [2.45, 2.75) is 13.3 Å². The van der Waals surface area contributed by atoms with Gasteiger partial charge in [-0.2, -0.15) is 8.42 Å². The van der Waals surface area contributed by atoms with Crippen LogP contribution in [0, 0.1) is 19.3 Å². The molecule has 0 saturated carbocycles. The molecule has 0 atom stereocenters. The lowest BCUT2D eigenvalue weighted by atomic mass is 9.76. The van der Waals surface area contributed by atoms with Crippen LogP contribution in [0.3, 0.4) is 0 Å². The zero-order chi connectivity index (χ0) is 13.9. The van der Waals surface area contributed by atoms with E-state index in [9.17, 15) is 12.3 Å². The van der Waals surface area contributed by atoms with Crippen molar-refractivity contribution in [3.8, 4) is 18.1 Å². The van der Waals surface area contributed by atoms with Crippen LogP contribution in [0.5, 0.6) is 5.75 Å². The third-order valence-corrected chi connectivity index (χ3v) is 2.61. The van der Waals surface area contributed by atoms with Crippen LogP contribution in [0.4, 0.5) is 3.89 Å². The molecule has 0 radical (unpaired) electrons. The summed E-state index contributed by atoms with van der Waals surface area (Å²) in [6.45, 7) is 1.37. The van der Waals surface area contributed by atoms with Gasteiger partial charge in [0.25, 0.3) is 0 Å². The molecule has 0 fully saturated rings. The smallest absolute Gasteiger partial charge is 0.423 e. The van der Waals surface area contributed by atoms with Crippen molar-refractivity contribution in [2.24, 2.45) is 0 Å². The molecular weight excluding hydrogens is 262 g/mol. The highest BCUT2D eigenvalue weighted by Crippen LogP contribution is 2.21. The van der Waals surface area contributed by atoms with Gasteiger partial charge in [0, 0.05) is 6.42 Å². The first kappa shape index (κ1) is 14.5. The molecule has 96 valence electrons. The van der Waals surface area contributed by atoms with Crippen molar-refractivity contribution in [2.75, 3.05) is 0 Å². The highest BCUT2D eigenvalue weighted by atomic mass is 32.3. The average molecular weight is 272 g/mol. The van der Waals surface area contributed by atoms with E-state index in [0.717, 1.165) is 0 Å². The number of benzene rings is 1. The van der Waals surface area contributed by atoms with Crippen molar-refractivity contribution in [1.82, 2.24) is 0 Å². The molecule has 1 rings (SSSR count). The zero-order valence-corrected chi connectivity index (χ0v) is 10.2. The number of hydrogen-bond acceptors (Lipinski definition) is 5. The van der Waals surface area contributed by atoms with Crippen LogP contribution < -0.4 is 9.65 Å². The molecule has 0 heterocycles. The maximum Gasteiger partial charge on any atom is 0.488 e. The summed E-state index contributed by atoms with van der Waals surface area (Å²) in [5, 5.41) is 18.3. The summed E-state index contributed by atoms with van der Waals surface area (Å²) in [6.07, 6.45) is 5.21. The maximum absolute atomic E-state index is 12.5. The molecule has 0 amide bonds. The second kappa shape index (κ2) is 5.39. The Morgan fingerprint density at radius 1 is 1.50 bits per heavy atom. The van der Waals surface area contributed by atoms with Crippen LogP contribution in [0.15, 0.2) is 12.1 Å². The molecule has 18 heavy (non-hydrogen) atoms. The fourth-order valence-corrected chi connectivity index (χ4v) is 1.84. The van der Waals surface area contributed by atoms with Gasteiger partial charge < -0.3 is 14.2 Å². The van der Waals surface area contributed by atoms with Gasteiger partial charge in [-0.3, -0.25) is 0 Å². The second-order valence-corrected chi connectivity index (χ2v) is 4.49. The van der Waals surface area contributed by atoms with Crippen LogP contribution in [0.1, 0.15) is 11.1 Å².